The molecule has 1 saturated heterocycles. The van der Waals surface area contributed by atoms with E-state index in [1.807, 2.05) is 19.9 Å². The number of aromatic hydroxyl groups is 1. The second kappa shape index (κ2) is 9.26. The van der Waals surface area contributed by atoms with Crippen LogP contribution in [0.1, 0.15) is 32.3 Å². The normalized spacial score (nSPS) is 19.6. The Morgan fingerprint density at radius 2 is 1.81 bits per heavy atom. The van der Waals surface area contributed by atoms with E-state index in [2.05, 4.69) is 16.8 Å². The van der Waals surface area contributed by atoms with Gasteiger partial charge in [-0.25, -0.2) is 0 Å². The van der Waals surface area contributed by atoms with Crippen molar-refractivity contribution in [1.82, 2.24) is 9.80 Å². The first kappa shape index (κ1) is 24.1. The van der Waals surface area contributed by atoms with Crippen LogP contribution in [0.5, 0.6) is 23.0 Å². The molecule has 1 saturated carbocycles. The number of hydrogen-bond donors (Lipinski definition) is 1. The number of phenolic OH excluding ortho intramolecular Hbond substituents is 1. The van der Waals surface area contributed by atoms with Crippen LogP contribution in [0.4, 0.5) is 0 Å². The minimum atomic E-state index is -0.523. The van der Waals surface area contributed by atoms with Gasteiger partial charge in [0.1, 0.15) is 40.3 Å². The number of likely N-dealkylation sites (N-methyl/N-ethyl adjacent to an activating group) is 1. The fraction of sp³-hybridized carbons (Fsp3) is 0.483. The van der Waals surface area contributed by atoms with Crippen LogP contribution in [0.3, 0.4) is 0 Å². The molecule has 3 aliphatic rings. The van der Waals surface area contributed by atoms with Crippen molar-refractivity contribution in [2.75, 3.05) is 53.0 Å². The third-order valence-electron chi connectivity index (χ3n) is 7.46. The Labute approximate surface area is 216 Å². The van der Waals surface area contributed by atoms with Crippen LogP contribution in [-0.4, -0.2) is 73.5 Å². The van der Waals surface area contributed by atoms with Crippen molar-refractivity contribution in [2.24, 2.45) is 5.92 Å². The van der Waals surface area contributed by atoms with Crippen molar-refractivity contribution >= 4 is 28.0 Å². The van der Waals surface area contributed by atoms with Crippen molar-refractivity contribution in [1.29, 1.82) is 0 Å². The summed E-state index contributed by atoms with van der Waals surface area (Å²) < 4.78 is 24.5. The molecular weight excluding hydrogens is 472 g/mol. The van der Waals surface area contributed by atoms with E-state index in [0.29, 0.717) is 52.9 Å². The van der Waals surface area contributed by atoms with E-state index in [4.69, 9.17) is 18.6 Å². The average molecular weight is 507 g/mol. The second-order valence-electron chi connectivity index (χ2n) is 11.0. The smallest absolute Gasteiger partial charge is 0.204 e. The van der Waals surface area contributed by atoms with Crippen molar-refractivity contribution in [3.05, 3.63) is 40.1 Å². The Kier molecular flexibility index (Phi) is 6.04. The van der Waals surface area contributed by atoms with Gasteiger partial charge in [0.05, 0.1) is 17.6 Å². The van der Waals surface area contributed by atoms with Gasteiger partial charge in [-0.05, 0) is 57.9 Å². The molecule has 2 fully saturated rings. The number of nitrogens with zero attached hydrogens (tertiary/aromatic N) is 2. The van der Waals surface area contributed by atoms with Crippen LogP contribution in [0.25, 0.3) is 28.0 Å². The molecule has 0 amide bonds. The number of hydrogen-bond acceptors (Lipinski definition) is 8. The Hall–Kier alpha value is -3.23. The zero-order chi connectivity index (χ0) is 25.7. The molecule has 37 heavy (non-hydrogen) atoms. The summed E-state index contributed by atoms with van der Waals surface area (Å²) in [5.41, 5.74) is 0.306. The summed E-state index contributed by atoms with van der Waals surface area (Å²) in [5, 5.41) is 11.5. The summed E-state index contributed by atoms with van der Waals surface area (Å²) >= 11 is 0. The van der Waals surface area contributed by atoms with Crippen molar-refractivity contribution < 1.29 is 23.7 Å². The van der Waals surface area contributed by atoms with Gasteiger partial charge in [-0.15, -0.1) is 0 Å². The fourth-order valence-corrected chi connectivity index (χ4v) is 4.91. The van der Waals surface area contributed by atoms with Gasteiger partial charge in [0, 0.05) is 44.9 Å². The van der Waals surface area contributed by atoms with Crippen LogP contribution in [0, 0.1) is 5.92 Å². The molecule has 0 bridgehead atoms. The molecule has 0 unspecified atom stereocenters. The number of phenols is 1. The predicted octanol–water partition coefficient (Wildman–Crippen LogP) is 4.25. The largest absolute Gasteiger partial charge is 0.506 e. The van der Waals surface area contributed by atoms with E-state index in [9.17, 15) is 9.90 Å². The summed E-state index contributed by atoms with van der Waals surface area (Å²) in [5.74, 6) is 2.00. The first-order valence-electron chi connectivity index (χ1n) is 13.1. The van der Waals surface area contributed by atoms with Crippen LogP contribution in [-0.2, 0) is 0 Å². The average Bonchev–Trinajstić information content (AvgIpc) is 3.68. The molecular formula is C29H34N2O6. The summed E-state index contributed by atoms with van der Waals surface area (Å²) in [6.45, 7) is 9.88. The molecule has 3 heterocycles. The highest BCUT2D eigenvalue weighted by atomic mass is 16.5. The van der Waals surface area contributed by atoms with E-state index in [0.717, 1.165) is 32.7 Å². The van der Waals surface area contributed by atoms with Crippen molar-refractivity contribution in [2.45, 2.75) is 32.3 Å². The van der Waals surface area contributed by atoms with Gasteiger partial charge in [-0.2, -0.15) is 0 Å². The second-order valence-corrected chi connectivity index (χ2v) is 11.0. The maximum atomic E-state index is 13.6. The number of rotatable bonds is 7. The Balaban J connectivity index is 1.36. The number of benzene rings is 2. The van der Waals surface area contributed by atoms with Gasteiger partial charge < -0.3 is 28.6 Å². The highest BCUT2D eigenvalue weighted by Gasteiger charge is 2.28. The lowest BCUT2D eigenvalue weighted by Crippen LogP contribution is -2.45. The van der Waals surface area contributed by atoms with Gasteiger partial charge in [-0.1, -0.05) is 0 Å². The monoisotopic (exact) mass is 506 g/mol. The van der Waals surface area contributed by atoms with Gasteiger partial charge in [0.15, 0.2) is 11.5 Å². The molecule has 0 radical (unpaired) electrons. The topological polar surface area (TPSA) is 84.6 Å². The highest BCUT2D eigenvalue weighted by molar-refractivity contribution is 5.97. The number of ether oxygens (including phenoxy) is 3. The lowest BCUT2D eigenvalue weighted by molar-refractivity contribution is 0.132. The van der Waals surface area contributed by atoms with E-state index in [1.165, 1.54) is 12.8 Å². The van der Waals surface area contributed by atoms with Crippen LogP contribution < -0.4 is 19.6 Å². The maximum absolute atomic E-state index is 13.6. The molecule has 0 atom stereocenters. The minimum Gasteiger partial charge on any atom is -0.506 e. The zero-order valence-electron chi connectivity index (χ0n) is 21.7. The van der Waals surface area contributed by atoms with Crippen molar-refractivity contribution in [3.8, 4) is 23.0 Å². The molecule has 2 aliphatic heterocycles. The van der Waals surface area contributed by atoms with Gasteiger partial charge >= 0.3 is 0 Å². The molecule has 0 spiro atoms. The van der Waals surface area contributed by atoms with Gasteiger partial charge in [0.25, 0.3) is 0 Å². The van der Waals surface area contributed by atoms with E-state index in [1.54, 1.807) is 24.3 Å². The highest BCUT2D eigenvalue weighted by Crippen LogP contribution is 2.42. The van der Waals surface area contributed by atoms with Gasteiger partial charge in [0.2, 0.25) is 5.43 Å². The molecule has 196 valence electrons. The van der Waals surface area contributed by atoms with E-state index < -0.39 is 5.60 Å². The van der Waals surface area contributed by atoms with Gasteiger partial charge in [-0.3, -0.25) is 9.69 Å². The Morgan fingerprint density at radius 3 is 2.57 bits per heavy atom. The maximum Gasteiger partial charge on any atom is 0.204 e. The van der Waals surface area contributed by atoms with Crippen LogP contribution in [0.15, 0.2) is 33.5 Å². The first-order chi connectivity index (χ1) is 17.8. The molecule has 1 aliphatic carbocycles. The number of fused-ring (bicyclic) bond motifs is 3. The molecule has 8 nitrogen and oxygen atoms in total. The number of piperazine rings is 1. The third-order valence-corrected chi connectivity index (χ3v) is 7.46. The molecule has 2 aromatic carbocycles. The lowest BCUT2D eigenvalue weighted by atomic mass is 9.99. The molecule has 3 aromatic rings. The quantitative estimate of drug-likeness (QED) is 0.476. The summed E-state index contributed by atoms with van der Waals surface area (Å²) in [4.78, 5) is 18.3. The standard InChI is InChI=1S/C29H34N2O6/c1-29(2)7-6-19-22(37-29)16-25-26(27(19)32)28(33)20-14-23(34-13-12-31-10-8-30(3)9-11-31)24(15-21(20)36-25)35-17-18-4-5-18/h6-7,14-16,18,32H,4-5,8-13,17H2,1-3H3. The third kappa shape index (κ3) is 4.88. The molecule has 1 aromatic heterocycles. The molecule has 1 N–H and O–H groups in total. The summed E-state index contributed by atoms with van der Waals surface area (Å²) in [7, 11) is 2.14. The Morgan fingerprint density at radius 1 is 1.05 bits per heavy atom. The summed E-state index contributed by atoms with van der Waals surface area (Å²) in [6, 6.07) is 5.12. The van der Waals surface area contributed by atoms with Crippen LogP contribution in [0.2, 0.25) is 0 Å². The summed E-state index contributed by atoms with van der Waals surface area (Å²) in [6.07, 6.45) is 5.99. The Bertz CT molecular complexity index is 1430. The lowest BCUT2D eigenvalue weighted by Gasteiger charge is -2.32. The minimum absolute atomic E-state index is 0.134. The molecule has 8 heteroatoms. The van der Waals surface area contributed by atoms with E-state index >= 15 is 0 Å². The predicted molar refractivity (Wildman–Crippen MR) is 143 cm³/mol. The van der Waals surface area contributed by atoms with E-state index in [-0.39, 0.29) is 22.1 Å². The van der Waals surface area contributed by atoms with Crippen molar-refractivity contribution in [3.63, 3.8) is 0 Å². The first-order valence-corrected chi connectivity index (χ1v) is 13.1. The SMILES string of the molecule is CN1CCN(CCOc2cc3c(=O)c4c(O)c5c(cc4oc3cc2OCC2CC2)OC(C)(C)C=C5)CC1. The fourth-order valence-electron chi connectivity index (χ4n) is 4.91. The zero-order valence-corrected chi connectivity index (χ0v) is 21.7. The van der Waals surface area contributed by atoms with Crippen LogP contribution >= 0.6 is 0 Å². The molecule has 6 rings (SSSR count).